The summed E-state index contributed by atoms with van der Waals surface area (Å²) in [6.45, 7) is 3.86. The number of hydrogen-bond donors (Lipinski definition) is 1. The van der Waals surface area contributed by atoms with Crippen molar-refractivity contribution in [3.63, 3.8) is 0 Å². The number of halogens is 1. The Labute approximate surface area is 179 Å². The number of aliphatic hydroxyl groups is 1. The van der Waals surface area contributed by atoms with Gasteiger partial charge in [0.15, 0.2) is 0 Å². The predicted octanol–water partition coefficient (Wildman–Crippen LogP) is 2.49. The number of aromatic nitrogens is 1. The lowest BCUT2D eigenvalue weighted by molar-refractivity contribution is -0.140. The van der Waals surface area contributed by atoms with Gasteiger partial charge in [-0.15, -0.1) is 0 Å². The zero-order chi connectivity index (χ0) is 21.1. The summed E-state index contributed by atoms with van der Waals surface area (Å²) in [4.78, 5) is 33.7. The van der Waals surface area contributed by atoms with Crippen LogP contribution < -0.4 is 0 Å². The topological polar surface area (TPSA) is 83.0 Å². The summed E-state index contributed by atoms with van der Waals surface area (Å²) in [6, 6.07) is 9.36. The standard InChI is InChI=1S/C22H22ClN3O4/c23-17-5-3-15(4-6-17)20(27)18-19(16-2-1-7-24-14-16)26(22(29)21(18)28)9-8-25-10-12-30-13-11-25/h1-7,14,19,27H,8-13H2/t19-/m1/s1. The summed E-state index contributed by atoms with van der Waals surface area (Å²) in [5, 5.41) is 11.5. The van der Waals surface area contributed by atoms with E-state index in [0.29, 0.717) is 42.5 Å². The number of nitrogens with zero attached hydrogens (tertiary/aromatic N) is 3. The van der Waals surface area contributed by atoms with E-state index in [1.807, 2.05) is 0 Å². The number of benzene rings is 1. The average molecular weight is 428 g/mol. The number of Topliss-reactive ketones (excluding diaryl/α,β-unsaturated/α-hetero) is 1. The summed E-state index contributed by atoms with van der Waals surface area (Å²) < 4.78 is 5.37. The highest BCUT2D eigenvalue weighted by molar-refractivity contribution is 6.46. The van der Waals surface area contributed by atoms with E-state index in [1.54, 1.807) is 48.8 Å². The van der Waals surface area contributed by atoms with E-state index < -0.39 is 17.7 Å². The number of ketones is 1. The quantitative estimate of drug-likeness (QED) is 0.448. The van der Waals surface area contributed by atoms with Crippen molar-refractivity contribution in [2.45, 2.75) is 6.04 Å². The SMILES string of the molecule is O=C1C(=O)N(CCN2CCOCC2)[C@H](c2cccnc2)C1=C(O)c1ccc(Cl)cc1. The summed E-state index contributed by atoms with van der Waals surface area (Å²) >= 11 is 5.94. The van der Waals surface area contributed by atoms with Crippen LogP contribution in [-0.4, -0.2) is 71.0 Å². The van der Waals surface area contributed by atoms with Gasteiger partial charge in [0.25, 0.3) is 11.7 Å². The number of rotatable bonds is 5. The molecular formula is C22H22ClN3O4. The van der Waals surface area contributed by atoms with Gasteiger partial charge in [-0.05, 0) is 35.9 Å². The molecule has 0 unspecified atom stereocenters. The molecule has 1 atom stereocenters. The molecule has 8 heteroatoms. The van der Waals surface area contributed by atoms with Crippen LogP contribution in [0, 0.1) is 0 Å². The van der Waals surface area contributed by atoms with Gasteiger partial charge >= 0.3 is 0 Å². The van der Waals surface area contributed by atoms with Gasteiger partial charge < -0.3 is 14.7 Å². The monoisotopic (exact) mass is 427 g/mol. The van der Waals surface area contributed by atoms with Crippen molar-refractivity contribution in [1.82, 2.24) is 14.8 Å². The first-order valence-corrected chi connectivity index (χ1v) is 10.2. The van der Waals surface area contributed by atoms with E-state index in [2.05, 4.69) is 9.88 Å². The number of aliphatic hydroxyl groups excluding tert-OH is 1. The van der Waals surface area contributed by atoms with Gasteiger partial charge in [-0.3, -0.25) is 19.5 Å². The maximum Gasteiger partial charge on any atom is 0.295 e. The molecule has 2 aliphatic rings. The highest BCUT2D eigenvalue weighted by atomic mass is 35.5. The molecule has 1 aromatic carbocycles. The lowest BCUT2D eigenvalue weighted by atomic mass is 9.96. The fourth-order valence-corrected chi connectivity index (χ4v) is 3.96. The van der Waals surface area contributed by atoms with Gasteiger partial charge in [-0.1, -0.05) is 17.7 Å². The number of carbonyl (C=O) groups is 2. The molecule has 7 nitrogen and oxygen atoms in total. The maximum absolute atomic E-state index is 12.9. The van der Waals surface area contributed by atoms with Crippen LogP contribution in [0.2, 0.25) is 5.02 Å². The highest BCUT2D eigenvalue weighted by Gasteiger charge is 2.46. The number of amides is 1. The molecular weight excluding hydrogens is 406 g/mol. The molecule has 2 saturated heterocycles. The maximum atomic E-state index is 12.9. The summed E-state index contributed by atoms with van der Waals surface area (Å²) in [5.74, 6) is -1.53. The minimum Gasteiger partial charge on any atom is -0.507 e. The number of pyridine rings is 1. The van der Waals surface area contributed by atoms with Crippen molar-refractivity contribution in [3.05, 3.63) is 70.5 Å². The minimum absolute atomic E-state index is 0.0669. The van der Waals surface area contributed by atoms with Crippen LogP contribution in [0.15, 0.2) is 54.4 Å². The number of carbonyl (C=O) groups excluding carboxylic acids is 2. The molecule has 0 bridgehead atoms. The Morgan fingerprint density at radius 2 is 1.87 bits per heavy atom. The van der Waals surface area contributed by atoms with Crippen LogP contribution in [0.5, 0.6) is 0 Å². The first-order valence-electron chi connectivity index (χ1n) is 9.80. The minimum atomic E-state index is -0.699. The Bertz CT molecular complexity index is 956. The van der Waals surface area contributed by atoms with Crippen molar-refractivity contribution in [1.29, 1.82) is 0 Å². The van der Waals surface area contributed by atoms with E-state index >= 15 is 0 Å². The molecule has 2 fully saturated rings. The van der Waals surface area contributed by atoms with Crippen molar-refractivity contribution in [3.8, 4) is 0 Å². The highest BCUT2D eigenvalue weighted by Crippen LogP contribution is 2.39. The van der Waals surface area contributed by atoms with Crippen LogP contribution >= 0.6 is 11.6 Å². The lowest BCUT2D eigenvalue weighted by Crippen LogP contribution is -2.42. The van der Waals surface area contributed by atoms with E-state index in [1.165, 1.54) is 4.90 Å². The molecule has 0 spiro atoms. The van der Waals surface area contributed by atoms with Gasteiger partial charge in [0.05, 0.1) is 24.8 Å². The second-order valence-electron chi connectivity index (χ2n) is 7.24. The zero-order valence-electron chi connectivity index (χ0n) is 16.3. The van der Waals surface area contributed by atoms with E-state index in [9.17, 15) is 14.7 Å². The Morgan fingerprint density at radius 3 is 2.53 bits per heavy atom. The molecule has 2 aromatic rings. The fraction of sp³-hybridized carbons (Fsp3) is 0.318. The van der Waals surface area contributed by atoms with Gasteiger partial charge in [0.2, 0.25) is 0 Å². The predicted molar refractivity (Wildman–Crippen MR) is 112 cm³/mol. The first kappa shape index (κ1) is 20.5. The zero-order valence-corrected chi connectivity index (χ0v) is 17.1. The third-order valence-electron chi connectivity index (χ3n) is 5.42. The Kier molecular flexibility index (Phi) is 6.13. The smallest absolute Gasteiger partial charge is 0.295 e. The summed E-state index contributed by atoms with van der Waals surface area (Å²) in [6.07, 6.45) is 3.25. The molecule has 30 heavy (non-hydrogen) atoms. The number of hydrogen-bond acceptors (Lipinski definition) is 6. The van der Waals surface area contributed by atoms with Crippen molar-refractivity contribution in [2.24, 2.45) is 0 Å². The number of ether oxygens (including phenoxy) is 1. The molecule has 2 aliphatic heterocycles. The van der Waals surface area contributed by atoms with E-state index in [-0.39, 0.29) is 11.3 Å². The molecule has 3 heterocycles. The van der Waals surface area contributed by atoms with E-state index in [4.69, 9.17) is 16.3 Å². The van der Waals surface area contributed by atoms with Crippen LogP contribution in [0.3, 0.4) is 0 Å². The molecule has 0 radical (unpaired) electrons. The third kappa shape index (κ3) is 4.09. The average Bonchev–Trinajstić information content (AvgIpc) is 3.04. The van der Waals surface area contributed by atoms with Gasteiger partial charge in [0, 0.05) is 49.2 Å². The Balaban J connectivity index is 1.71. The van der Waals surface area contributed by atoms with Crippen molar-refractivity contribution < 1.29 is 19.4 Å². The lowest BCUT2D eigenvalue weighted by Gasteiger charge is -2.30. The molecule has 156 valence electrons. The summed E-state index contributed by atoms with van der Waals surface area (Å²) in [7, 11) is 0. The van der Waals surface area contributed by atoms with Crippen molar-refractivity contribution in [2.75, 3.05) is 39.4 Å². The number of morpholine rings is 1. The van der Waals surface area contributed by atoms with Crippen LogP contribution in [-0.2, 0) is 14.3 Å². The second-order valence-corrected chi connectivity index (χ2v) is 7.68. The van der Waals surface area contributed by atoms with Crippen molar-refractivity contribution >= 4 is 29.1 Å². The van der Waals surface area contributed by atoms with Crippen LogP contribution in [0.1, 0.15) is 17.2 Å². The summed E-state index contributed by atoms with van der Waals surface area (Å²) in [5.41, 5.74) is 1.17. The first-order chi connectivity index (χ1) is 14.6. The Hall–Kier alpha value is -2.74. The molecule has 0 saturated carbocycles. The van der Waals surface area contributed by atoms with Gasteiger partial charge in [0.1, 0.15) is 5.76 Å². The van der Waals surface area contributed by atoms with Gasteiger partial charge in [-0.25, -0.2) is 0 Å². The van der Waals surface area contributed by atoms with Crippen LogP contribution in [0.25, 0.3) is 5.76 Å². The Morgan fingerprint density at radius 1 is 1.13 bits per heavy atom. The fourth-order valence-electron chi connectivity index (χ4n) is 3.83. The largest absolute Gasteiger partial charge is 0.507 e. The molecule has 0 aliphatic carbocycles. The van der Waals surface area contributed by atoms with Crippen LogP contribution in [0.4, 0.5) is 0 Å². The number of likely N-dealkylation sites (tertiary alicyclic amines) is 1. The molecule has 1 N–H and O–H groups in total. The van der Waals surface area contributed by atoms with E-state index in [0.717, 1.165) is 13.1 Å². The molecule has 4 rings (SSSR count). The molecule has 1 aromatic heterocycles. The second kappa shape index (κ2) is 8.95. The normalized spacial score (nSPS) is 21.9. The van der Waals surface area contributed by atoms with Gasteiger partial charge in [-0.2, -0.15) is 0 Å². The molecule has 1 amide bonds. The third-order valence-corrected chi connectivity index (χ3v) is 5.67.